The molecule has 0 bridgehead atoms. The fourth-order valence-corrected chi connectivity index (χ4v) is 3.12. The Bertz CT molecular complexity index is 319. The van der Waals surface area contributed by atoms with Crippen LogP contribution in [0.25, 0.3) is 0 Å². The molecule has 2 rings (SSSR count). The standard InChI is InChI=1S/C14H22O2/c1-9(2)11-5-6-14(4)8-10(3)13(15)16-12(14)7-11/h9,11-12H,3,5-8H2,1-2,4H3/t11-,12-,14-/m1/s1. The average molecular weight is 222 g/mol. The molecular formula is C14H22O2. The molecule has 1 aliphatic heterocycles. The Morgan fingerprint density at radius 1 is 1.50 bits per heavy atom. The van der Waals surface area contributed by atoms with E-state index in [1.165, 1.54) is 6.42 Å². The predicted octanol–water partition coefficient (Wildman–Crippen LogP) is 3.32. The second kappa shape index (κ2) is 3.90. The van der Waals surface area contributed by atoms with Gasteiger partial charge in [0.2, 0.25) is 0 Å². The van der Waals surface area contributed by atoms with Crippen LogP contribution in [0.5, 0.6) is 0 Å². The maximum atomic E-state index is 11.5. The van der Waals surface area contributed by atoms with Crippen molar-refractivity contribution in [1.82, 2.24) is 0 Å². The molecule has 0 aromatic carbocycles. The van der Waals surface area contributed by atoms with Crippen molar-refractivity contribution in [2.75, 3.05) is 0 Å². The summed E-state index contributed by atoms with van der Waals surface area (Å²) in [6.07, 6.45) is 4.39. The molecule has 0 amide bonds. The summed E-state index contributed by atoms with van der Waals surface area (Å²) in [6, 6.07) is 0. The van der Waals surface area contributed by atoms with Crippen LogP contribution in [0.4, 0.5) is 0 Å². The Hall–Kier alpha value is -0.790. The van der Waals surface area contributed by atoms with Crippen LogP contribution in [0, 0.1) is 17.3 Å². The number of carbonyl (C=O) groups is 1. The molecule has 90 valence electrons. The molecule has 0 unspecified atom stereocenters. The molecule has 0 radical (unpaired) electrons. The Labute approximate surface area is 98.1 Å². The fourth-order valence-electron chi connectivity index (χ4n) is 3.12. The third-order valence-corrected chi connectivity index (χ3v) is 4.48. The first-order chi connectivity index (χ1) is 7.42. The van der Waals surface area contributed by atoms with Gasteiger partial charge in [-0.25, -0.2) is 4.79 Å². The zero-order valence-electron chi connectivity index (χ0n) is 10.6. The van der Waals surface area contributed by atoms with Crippen LogP contribution in [0.2, 0.25) is 0 Å². The highest BCUT2D eigenvalue weighted by Crippen LogP contribution is 2.48. The largest absolute Gasteiger partial charge is 0.458 e. The number of carbonyl (C=O) groups excluding carboxylic acids is 1. The van der Waals surface area contributed by atoms with Gasteiger partial charge in [-0.05, 0) is 37.5 Å². The van der Waals surface area contributed by atoms with Gasteiger partial charge in [0.05, 0.1) is 0 Å². The van der Waals surface area contributed by atoms with E-state index in [9.17, 15) is 4.79 Å². The van der Waals surface area contributed by atoms with Crippen molar-refractivity contribution in [2.45, 2.75) is 52.6 Å². The Kier molecular flexibility index (Phi) is 2.85. The SMILES string of the molecule is C=C1C[C@@]2(C)CC[C@@H](C(C)C)C[C@H]2OC1=O. The minimum Gasteiger partial charge on any atom is -0.458 e. The fraction of sp³-hybridized carbons (Fsp3) is 0.786. The molecule has 1 saturated heterocycles. The number of hydrogen-bond donors (Lipinski definition) is 0. The highest BCUT2D eigenvalue weighted by atomic mass is 16.5. The van der Waals surface area contributed by atoms with Gasteiger partial charge in [-0.3, -0.25) is 0 Å². The van der Waals surface area contributed by atoms with E-state index in [1.807, 2.05) is 0 Å². The maximum absolute atomic E-state index is 11.5. The van der Waals surface area contributed by atoms with Crippen LogP contribution in [0.1, 0.15) is 46.5 Å². The lowest BCUT2D eigenvalue weighted by molar-refractivity contribution is -0.164. The summed E-state index contributed by atoms with van der Waals surface area (Å²) in [4.78, 5) is 11.5. The van der Waals surface area contributed by atoms with Gasteiger partial charge < -0.3 is 4.74 Å². The van der Waals surface area contributed by atoms with E-state index in [-0.39, 0.29) is 17.5 Å². The monoisotopic (exact) mass is 222 g/mol. The normalized spacial score (nSPS) is 39.5. The van der Waals surface area contributed by atoms with Crippen LogP contribution in [-0.2, 0) is 9.53 Å². The lowest BCUT2D eigenvalue weighted by Crippen LogP contribution is -2.46. The van der Waals surface area contributed by atoms with Gasteiger partial charge in [0, 0.05) is 11.0 Å². The summed E-state index contributed by atoms with van der Waals surface area (Å²) in [6.45, 7) is 10.6. The van der Waals surface area contributed by atoms with Crippen LogP contribution >= 0.6 is 0 Å². The minimum atomic E-state index is -0.174. The number of ether oxygens (including phenoxy) is 1. The summed E-state index contributed by atoms with van der Waals surface area (Å²) in [5.74, 6) is 1.22. The summed E-state index contributed by atoms with van der Waals surface area (Å²) in [5, 5.41) is 0. The third kappa shape index (κ3) is 1.90. The summed E-state index contributed by atoms with van der Waals surface area (Å²) in [7, 11) is 0. The molecular weight excluding hydrogens is 200 g/mol. The number of fused-ring (bicyclic) bond motifs is 1. The smallest absolute Gasteiger partial charge is 0.333 e. The molecule has 0 aromatic heterocycles. The van der Waals surface area contributed by atoms with Crippen molar-refractivity contribution in [3.63, 3.8) is 0 Å². The van der Waals surface area contributed by atoms with E-state index < -0.39 is 0 Å². The molecule has 2 nitrogen and oxygen atoms in total. The third-order valence-electron chi connectivity index (χ3n) is 4.48. The predicted molar refractivity (Wildman–Crippen MR) is 63.9 cm³/mol. The van der Waals surface area contributed by atoms with Crippen LogP contribution in [0.3, 0.4) is 0 Å². The van der Waals surface area contributed by atoms with Gasteiger partial charge >= 0.3 is 5.97 Å². The molecule has 0 N–H and O–H groups in total. The first kappa shape index (κ1) is 11.7. The lowest BCUT2D eigenvalue weighted by Gasteiger charge is -2.47. The van der Waals surface area contributed by atoms with Gasteiger partial charge in [-0.1, -0.05) is 27.4 Å². The summed E-state index contributed by atoms with van der Waals surface area (Å²) >= 11 is 0. The molecule has 1 heterocycles. The summed E-state index contributed by atoms with van der Waals surface area (Å²) < 4.78 is 5.55. The Morgan fingerprint density at radius 3 is 2.81 bits per heavy atom. The molecule has 16 heavy (non-hydrogen) atoms. The molecule has 2 fully saturated rings. The van der Waals surface area contributed by atoms with Gasteiger partial charge in [-0.15, -0.1) is 0 Å². The second-order valence-corrected chi connectivity index (χ2v) is 6.11. The van der Waals surface area contributed by atoms with Crippen LogP contribution in [-0.4, -0.2) is 12.1 Å². The van der Waals surface area contributed by atoms with E-state index in [0.717, 1.165) is 19.3 Å². The van der Waals surface area contributed by atoms with E-state index in [0.29, 0.717) is 17.4 Å². The van der Waals surface area contributed by atoms with Crippen molar-refractivity contribution in [2.24, 2.45) is 17.3 Å². The van der Waals surface area contributed by atoms with Gasteiger partial charge in [0.25, 0.3) is 0 Å². The average Bonchev–Trinajstić information content (AvgIpc) is 2.19. The minimum absolute atomic E-state index is 0.117. The maximum Gasteiger partial charge on any atom is 0.333 e. The topological polar surface area (TPSA) is 26.3 Å². The highest BCUT2D eigenvalue weighted by Gasteiger charge is 2.46. The van der Waals surface area contributed by atoms with Crippen molar-refractivity contribution in [1.29, 1.82) is 0 Å². The van der Waals surface area contributed by atoms with Gasteiger partial charge in [0.15, 0.2) is 0 Å². The lowest BCUT2D eigenvalue weighted by atomic mass is 9.63. The molecule has 0 spiro atoms. The molecule has 3 atom stereocenters. The van der Waals surface area contributed by atoms with Crippen molar-refractivity contribution < 1.29 is 9.53 Å². The molecule has 2 heteroatoms. The molecule has 2 aliphatic rings. The van der Waals surface area contributed by atoms with E-state index in [1.54, 1.807) is 0 Å². The molecule has 0 aromatic rings. The number of esters is 1. The Balaban J connectivity index is 2.13. The summed E-state index contributed by atoms with van der Waals surface area (Å²) in [5.41, 5.74) is 0.804. The zero-order valence-corrected chi connectivity index (χ0v) is 10.6. The number of rotatable bonds is 1. The van der Waals surface area contributed by atoms with Gasteiger partial charge in [0.1, 0.15) is 6.10 Å². The van der Waals surface area contributed by atoms with Crippen LogP contribution < -0.4 is 0 Å². The van der Waals surface area contributed by atoms with Crippen molar-refractivity contribution >= 4 is 5.97 Å². The van der Waals surface area contributed by atoms with Gasteiger partial charge in [-0.2, -0.15) is 0 Å². The van der Waals surface area contributed by atoms with E-state index in [2.05, 4.69) is 27.4 Å². The van der Waals surface area contributed by atoms with E-state index >= 15 is 0 Å². The van der Waals surface area contributed by atoms with Crippen LogP contribution in [0.15, 0.2) is 12.2 Å². The van der Waals surface area contributed by atoms with E-state index in [4.69, 9.17) is 4.74 Å². The highest BCUT2D eigenvalue weighted by molar-refractivity contribution is 5.88. The first-order valence-electron chi connectivity index (χ1n) is 6.31. The van der Waals surface area contributed by atoms with Crippen molar-refractivity contribution in [3.05, 3.63) is 12.2 Å². The molecule has 1 aliphatic carbocycles. The quantitative estimate of drug-likeness (QED) is 0.502. The molecule has 1 saturated carbocycles. The first-order valence-corrected chi connectivity index (χ1v) is 6.31. The zero-order chi connectivity index (χ0) is 11.9. The number of hydrogen-bond acceptors (Lipinski definition) is 2. The Morgan fingerprint density at radius 2 is 2.19 bits per heavy atom. The van der Waals surface area contributed by atoms with Crippen molar-refractivity contribution in [3.8, 4) is 0 Å². The second-order valence-electron chi connectivity index (χ2n) is 6.11.